The minimum absolute atomic E-state index is 0.703. The van der Waals surface area contributed by atoms with Crippen molar-refractivity contribution < 1.29 is 13.3 Å². The number of hydrogen-bond acceptors (Lipinski definition) is 3. The van der Waals surface area contributed by atoms with Crippen LogP contribution in [0.15, 0.2) is 30.3 Å². The molecule has 1 rings (SSSR count). The predicted molar refractivity (Wildman–Crippen MR) is 89.2 cm³/mol. The average Bonchev–Trinajstić information content (AvgIpc) is 2.52. The van der Waals surface area contributed by atoms with Crippen LogP contribution in [0.2, 0.25) is 0 Å². The number of hydrogen-bond donors (Lipinski definition) is 0. The van der Waals surface area contributed by atoms with Gasteiger partial charge in [-0.2, -0.15) is 0 Å². The maximum absolute atomic E-state index is 6.17. The van der Waals surface area contributed by atoms with Gasteiger partial charge >= 0.3 is 8.80 Å². The molecule has 0 aliphatic heterocycles. The summed E-state index contributed by atoms with van der Waals surface area (Å²) in [6.45, 7) is 8.54. The summed E-state index contributed by atoms with van der Waals surface area (Å²) >= 11 is 0. The van der Waals surface area contributed by atoms with Crippen molar-refractivity contribution >= 4 is 8.80 Å². The van der Waals surface area contributed by atoms with Crippen LogP contribution < -0.4 is 0 Å². The second-order valence-corrected chi connectivity index (χ2v) is 7.83. The molecule has 0 heterocycles. The van der Waals surface area contributed by atoms with E-state index in [4.69, 9.17) is 13.3 Å². The number of unbranched alkanes of at least 4 members (excludes halogenated alkanes) is 1. The number of rotatable bonds is 12. The van der Waals surface area contributed by atoms with Gasteiger partial charge in [0.05, 0.1) is 0 Å². The summed E-state index contributed by atoms with van der Waals surface area (Å²) in [6, 6.07) is 11.1. The summed E-state index contributed by atoms with van der Waals surface area (Å²) in [5, 5.41) is 0. The van der Waals surface area contributed by atoms with Gasteiger partial charge in [0, 0.05) is 25.9 Å². The highest BCUT2D eigenvalue weighted by Crippen LogP contribution is 2.18. The van der Waals surface area contributed by atoms with Gasteiger partial charge in [0.2, 0.25) is 0 Å². The molecular weight excluding hydrogens is 280 g/mol. The zero-order valence-corrected chi connectivity index (χ0v) is 14.8. The SMILES string of the molecule is CCCCO[Si](Cc1ccccc1)(OCCC)OCCC. The molecule has 21 heavy (non-hydrogen) atoms. The minimum Gasteiger partial charge on any atom is -0.373 e. The Bertz CT molecular complexity index is 348. The summed E-state index contributed by atoms with van der Waals surface area (Å²) in [6.07, 6.45) is 4.14. The Morgan fingerprint density at radius 3 is 1.86 bits per heavy atom. The third kappa shape index (κ3) is 7.22. The standard InChI is InChI=1S/C17H30O3Si/c1-4-7-15-20-21(18-13-5-2,19-14-6-3)16-17-11-9-8-10-12-17/h8-12H,4-7,13-16H2,1-3H3. The molecule has 0 fully saturated rings. The minimum atomic E-state index is -2.62. The fraction of sp³-hybridized carbons (Fsp3) is 0.647. The molecule has 0 aliphatic carbocycles. The van der Waals surface area contributed by atoms with Crippen molar-refractivity contribution in [2.45, 2.75) is 52.5 Å². The average molecular weight is 311 g/mol. The summed E-state index contributed by atoms with van der Waals surface area (Å²) in [5.74, 6) is 0. The molecule has 0 radical (unpaired) electrons. The summed E-state index contributed by atoms with van der Waals surface area (Å²) in [5.41, 5.74) is 1.23. The smallest absolute Gasteiger partial charge is 0.373 e. The molecular formula is C17H30O3Si. The molecule has 0 aromatic heterocycles. The van der Waals surface area contributed by atoms with Crippen LogP contribution in [-0.2, 0) is 19.3 Å². The molecule has 3 nitrogen and oxygen atoms in total. The van der Waals surface area contributed by atoms with Crippen LogP contribution in [0.3, 0.4) is 0 Å². The van der Waals surface area contributed by atoms with Gasteiger partial charge in [0.1, 0.15) is 0 Å². The van der Waals surface area contributed by atoms with Crippen LogP contribution >= 0.6 is 0 Å². The van der Waals surface area contributed by atoms with E-state index >= 15 is 0 Å². The molecule has 120 valence electrons. The quantitative estimate of drug-likeness (QED) is 0.423. The first-order chi connectivity index (χ1) is 10.3. The Kier molecular flexibility index (Phi) is 9.59. The first-order valence-corrected chi connectivity index (χ1v) is 10.1. The zero-order chi connectivity index (χ0) is 15.4. The maximum atomic E-state index is 6.17. The van der Waals surface area contributed by atoms with E-state index in [0.717, 1.165) is 38.3 Å². The van der Waals surface area contributed by atoms with Crippen molar-refractivity contribution in [2.75, 3.05) is 19.8 Å². The highest BCUT2D eigenvalue weighted by molar-refractivity contribution is 6.60. The Hall–Kier alpha value is -0.683. The first kappa shape index (κ1) is 18.4. The van der Waals surface area contributed by atoms with E-state index in [0.29, 0.717) is 13.2 Å². The largest absolute Gasteiger partial charge is 0.505 e. The molecule has 4 heteroatoms. The van der Waals surface area contributed by atoms with Crippen molar-refractivity contribution in [1.29, 1.82) is 0 Å². The summed E-state index contributed by atoms with van der Waals surface area (Å²) < 4.78 is 18.4. The second-order valence-electron chi connectivity index (χ2n) is 5.24. The molecule has 0 saturated carbocycles. The van der Waals surface area contributed by atoms with Gasteiger partial charge in [-0.05, 0) is 24.8 Å². The molecule has 0 atom stereocenters. The van der Waals surface area contributed by atoms with Gasteiger partial charge in [0.25, 0.3) is 0 Å². The van der Waals surface area contributed by atoms with Gasteiger partial charge in [-0.25, -0.2) is 0 Å². The first-order valence-electron chi connectivity index (χ1n) is 8.22. The van der Waals surface area contributed by atoms with Crippen LogP contribution in [0, 0.1) is 0 Å². The highest BCUT2D eigenvalue weighted by Gasteiger charge is 2.41. The van der Waals surface area contributed by atoms with Gasteiger partial charge in [-0.3, -0.25) is 0 Å². The normalized spacial score (nSPS) is 11.8. The Balaban J connectivity index is 2.79. The van der Waals surface area contributed by atoms with E-state index in [1.165, 1.54) is 5.56 Å². The fourth-order valence-corrected chi connectivity index (χ4v) is 4.79. The van der Waals surface area contributed by atoms with Crippen molar-refractivity contribution in [3.63, 3.8) is 0 Å². The molecule has 0 N–H and O–H groups in total. The van der Waals surface area contributed by atoms with Gasteiger partial charge in [-0.1, -0.05) is 57.5 Å². The molecule has 0 spiro atoms. The van der Waals surface area contributed by atoms with Gasteiger partial charge in [-0.15, -0.1) is 0 Å². The Morgan fingerprint density at radius 1 is 0.762 bits per heavy atom. The van der Waals surface area contributed by atoms with Crippen LogP contribution in [-0.4, -0.2) is 28.6 Å². The highest BCUT2D eigenvalue weighted by atomic mass is 28.4. The molecule has 0 bridgehead atoms. The third-order valence-corrected chi connectivity index (χ3v) is 5.91. The lowest BCUT2D eigenvalue weighted by molar-refractivity contribution is 0.0573. The Morgan fingerprint density at radius 2 is 1.33 bits per heavy atom. The molecule has 0 amide bonds. The molecule has 0 aliphatic rings. The van der Waals surface area contributed by atoms with Gasteiger partial charge in [0.15, 0.2) is 0 Å². The topological polar surface area (TPSA) is 27.7 Å². The fourth-order valence-electron chi connectivity index (χ4n) is 2.01. The molecule has 0 unspecified atom stereocenters. The van der Waals surface area contributed by atoms with E-state index in [1.54, 1.807) is 0 Å². The van der Waals surface area contributed by atoms with Crippen LogP contribution in [0.4, 0.5) is 0 Å². The molecule has 1 aromatic carbocycles. The lowest BCUT2D eigenvalue weighted by atomic mass is 10.2. The number of benzene rings is 1. The summed E-state index contributed by atoms with van der Waals surface area (Å²) in [7, 11) is -2.62. The van der Waals surface area contributed by atoms with Crippen LogP contribution in [0.5, 0.6) is 0 Å². The second kappa shape index (κ2) is 11.0. The van der Waals surface area contributed by atoms with E-state index in [9.17, 15) is 0 Å². The van der Waals surface area contributed by atoms with E-state index in [-0.39, 0.29) is 0 Å². The van der Waals surface area contributed by atoms with Crippen LogP contribution in [0.1, 0.15) is 52.0 Å². The van der Waals surface area contributed by atoms with E-state index < -0.39 is 8.80 Å². The monoisotopic (exact) mass is 310 g/mol. The van der Waals surface area contributed by atoms with E-state index in [2.05, 4.69) is 45.0 Å². The molecule has 1 aromatic rings. The predicted octanol–water partition coefficient (Wildman–Crippen LogP) is 4.38. The van der Waals surface area contributed by atoms with Crippen molar-refractivity contribution in [2.24, 2.45) is 0 Å². The van der Waals surface area contributed by atoms with Crippen molar-refractivity contribution in [3.8, 4) is 0 Å². The zero-order valence-electron chi connectivity index (χ0n) is 13.8. The van der Waals surface area contributed by atoms with E-state index in [1.807, 2.05) is 6.07 Å². The lowest BCUT2D eigenvalue weighted by Crippen LogP contribution is -2.49. The van der Waals surface area contributed by atoms with Crippen LogP contribution in [0.25, 0.3) is 0 Å². The Labute approximate surface area is 131 Å². The third-order valence-electron chi connectivity index (χ3n) is 3.14. The maximum Gasteiger partial charge on any atom is 0.505 e. The lowest BCUT2D eigenvalue weighted by Gasteiger charge is -2.30. The molecule has 0 saturated heterocycles. The van der Waals surface area contributed by atoms with Crippen molar-refractivity contribution in [3.05, 3.63) is 35.9 Å². The summed E-state index contributed by atoms with van der Waals surface area (Å²) in [4.78, 5) is 0. The van der Waals surface area contributed by atoms with Crippen molar-refractivity contribution in [1.82, 2.24) is 0 Å². The van der Waals surface area contributed by atoms with Gasteiger partial charge < -0.3 is 13.3 Å².